The fourth-order valence-electron chi connectivity index (χ4n) is 4.55. The average Bonchev–Trinajstić information content (AvgIpc) is 3.55. The molecule has 2 fully saturated rings. The number of pyridine rings is 1. The van der Waals surface area contributed by atoms with Gasteiger partial charge in [-0.15, -0.1) is 5.10 Å². The van der Waals surface area contributed by atoms with Gasteiger partial charge in [0.2, 0.25) is 0 Å². The van der Waals surface area contributed by atoms with E-state index in [-0.39, 0.29) is 6.10 Å². The Kier molecular flexibility index (Phi) is 6.00. The second-order valence-electron chi connectivity index (χ2n) is 8.79. The summed E-state index contributed by atoms with van der Waals surface area (Å²) in [5.74, 6) is 0.845. The van der Waals surface area contributed by atoms with Crippen molar-refractivity contribution >= 4 is 0 Å². The van der Waals surface area contributed by atoms with Crippen LogP contribution in [0.3, 0.4) is 0 Å². The van der Waals surface area contributed by atoms with Crippen molar-refractivity contribution in [1.82, 2.24) is 40.2 Å². The fraction of sp³-hybridized carbons (Fsp3) is 0.636. The van der Waals surface area contributed by atoms with E-state index in [4.69, 9.17) is 14.5 Å². The number of hydrogen-bond donors (Lipinski definition) is 0. The summed E-state index contributed by atoms with van der Waals surface area (Å²) in [6.45, 7) is 2.35. The number of aromatic nitrogens is 8. The van der Waals surface area contributed by atoms with Crippen LogP contribution in [-0.4, -0.2) is 52.4 Å². The molecule has 2 aliphatic carbocycles. The highest BCUT2D eigenvalue weighted by molar-refractivity contribution is 5.58. The van der Waals surface area contributed by atoms with Gasteiger partial charge in [-0.05, 0) is 75.6 Å². The monoisotopic (exact) mass is 438 g/mol. The molecule has 2 saturated carbocycles. The van der Waals surface area contributed by atoms with Crippen LogP contribution in [0.15, 0.2) is 12.1 Å². The molecular weight excluding hydrogens is 408 g/mol. The van der Waals surface area contributed by atoms with Crippen molar-refractivity contribution in [3.8, 4) is 23.1 Å². The zero-order chi connectivity index (χ0) is 21.9. The van der Waals surface area contributed by atoms with E-state index >= 15 is 0 Å². The fourth-order valence-corrected chi connectivity index (χ4v) is 4.55. The first-order valence-corrected chi connectivity index (χ1v) is 11.6. The first-order valence-electron chi connectivity index (χ1n) is 11.6. The van der Waals surface area contributed by atoms with E-state index < -0.39 is 0 Å². The lowest BCUT2D eigenvalue weighted by Gasteiger charge is -2.23. The molecule has 5 rings (SSSR count). The molecule has 3 heterocycles. The third kappa shape index (κ3) is 4.58. The standard InChI is InChI=1S/C22H30N8O2/c1-15-20(31-16-8-4-3-5-9-16)13-12-18(23-15)21-19(29(2)27-24-21)14-30-26-22(25-28-30)32-17-10-6-7-11-17/h12-13,16-17H,3-11,14H2,1-2H3. The van der Waals surface area contributed by atoms with Crippen molar-refractivity contribution < 1.29 is 9.47 Å². The van der Waals surface area contributed by atoms with Gasteiger partial charge in [-0.2, -0.15) is 4.80 Å². The number of rotatable bonds is 7. The molecule has 3 aromatic heterocycles. The summed E-state index contributed by atoms with van der Waals surface area (Å²) in [5, 5.41) is 21.1. The van der Waals surface area contributed by atoms with Crippen LogP contribution in [0.25, 0.3) is 11.4 Å². The maximum Gasteiger partial charge on any atom is 0.356 e. The number of hydrogen-bond acceptors (Lipinski definition) is 8. The molecule has 2 aliphatic rings. The summed E-state index contributed by atoms with van der Waals surface area (Å²) in [5.41, 5.74) is 3.16. The Morgan fingerprint density at radius 1 is 0.906 bits per heavy atom. The van der Waals surface area contributed by atoms with Crippen molar-refractivity contribution in [2.45, 2.75) is 83.5 Å². The molecule has 0 N–H and O–H groups in total. The predicted molar refractivity (Wildman–Crippen MR) is 116 cm³/mol. The molecule has 0 spiro atoms. The smallest absolute Gasteiger partial charge is 0.356 e. The van der Waals surface area contributed by atoms with Crippen LogP contribution in [0.5, 0.6) is 11.8 Å². The summed E-state index contributed by atoms with van der Waals surface area (Å²) in [6, 6.07) is 4.26. The first kappa shape index (κ1) is 20.8. The summed E-state index contributed by atoms with van der Waals surface area (Å²) in [4.78, 5) is 6.28. The van der Waals surface area contributed by atoms with Crippen molar-refractivity contribution in [3.05, 3.63) is 23.5 Å². The van der Waals surface area contributed by atoms with Gasteiger partial charge in [0.15, 0.2) is 0 Å². The van der Waals surface area contributed by atoms with Crippen LogP contribution >= 0.6 is 0 Å². The molecule has 0 amide bonds. The molecule has 0 aromatic carbocycles. The molecular formula is C22H30N8O2. The van der Waals surface area contributed by atoms with Crippen LogP contribution < -0.4 is 9.47 Å². The van der Waals surface area contributed by atoms with Gasteiger partial charge in [0.25, 0.3) is 0 Å². The second-order valence-corrected chi connectivity index (χ2v) is 8.79. The Morgan fingerprint density at radius 3 is 2.38 bits per heavy atom. The van der Waals surface area contributed by atoms with Gasteiger partial charge in [-0.1, -0.05) is 21.8 Å². The minimum atomic E-state index is 0.197. The number of tetrazole rings is 1. The zero-order valence-corrected chi connectivity index (χ0v) is 18.8. The Hall–Kier alpha value is -3.04. The van der Waals surface area contributed by atoms with Crippen molar-refractivity contribution in [3.63, 3.8) is 0 Å². The summed E-state index contributed by atoms with van der Waals surface area (Å²) >= 11 is 0. The van der Waals surface area contributed by atoms with Crippen molar-refractivity contribution in [2.75, 3.05) is 0 Å². The van der Waals surface area contributed by atoms with Crippen LogP contribution in [0, 0.1) is 6.92 Å². The van der Waals surface area contributed by atoms with Crippen LogP contribution in [0.2, 0.25) is 0 Å². The van der Waals surface area contributed by atoms with Gasteiger partial charge in [0, 0.05) is 7.05 Å². The topological polar surface area (TPSA) is 106 Å². The van der Waals surface area contributed by atoms with Crippen molar-refractivity contribution in [1.29, 1.82) is 0 Å². The van der Waals surface area contributed by atoms with E-state index in [1.54, 1.807) is 4.68 Å². The lowest BCUT2D eigenvalue weighted by Crippen LogP contribution is -2.20. The van der Waals surface area contributed by atoms with E-state index in [2.05, 4.69) is 25.7 Å². The van der Waals surface area contributed by atoms with Gasteiger partial charge < -0.3 is 9.47 Å². The predicted octanol–water partition coefficient (Wildman–Crippen LogP) is 3.25. The summed E-state index contributed by atoms with van der Waals surface area (Å²) in [6.07, 6.45) is 11.0. The average molecular weight is 439 g/mol. The Labute approximate surface area is 187 Å². The van der Waals surface area contributed by atoms with E-state index in [9.17, 15) is 0 Å². The number of aryl methyl sites for hydroxylation is 2. The van der Waals surface area contributed by atoms with E-state index in [0.717, 1.165) is 48.5 Å². The third-order valence-corrected chi connectivity index (χ3v) is 6.37. The van der Waals surface area contributed by atoms with E-state index in [0.29, 0.717) is 24.4 Å². The SMILES string of the molecule is Cc1nc(-c2nnn(C)c2Cn2nnc(OC3CCCC3)n2)ccc1OC1CCCCC1. The molecule has 10 nitrogen and oxygen atoms in total. The van der Waals surface area contributed by atoms with Crippen LogP contribution in [-0.2, 0) is 13.6 Å². The quantitative estimate of drug-likeness (QED) is 0.553. The van der Waals surface area contributed by atoms with Gasteiger partial charge in [0.05, 0.1) is 23.2 Å². The summed E-state index contributed by atoms with van der Waals surface area (Å²) in [7, 11) is 1.85. The lowest BCUT2D eigenvalue weighted by molar-refractivity contribution is 0.153. The van der Waals surface area contributed by atoms with Gasteiger partial charge >= 0.3 is 6.01 Å². The molecule has 170 valence electrons. The molecule has 0 bridgehead atoms. The maximum atomic E-state index is 6.22. The lowest BCUT2D eigenvalue weighted by atomic mass is 9.98. The van der Waals surface area contributed by atoms with Crippen molar-refractivity contribution in [2.24, 2.45) is 7.05 Å². The normalized spacial score (nSPS) is 17.7. The van der Waals surface area contributed by atoms with E-state index in [1.807, 2.05) is 26.1 Å². The maximum absolute atomic E-state index is 6.22. The zero-order valence-electron chi connectivity index (χ0n) is 18.8. The first-order chi connectivity index (χ1) is 15.7. The van der Waals surface area contributed by atoms with Gasteiger partial charge in [0.1, 0.15) is 24.1 Å². The minimum absolute atomic E-state index is 0.197. The van der Waals surface area contributed by atoms with Crippen LogP contribution in [0.4, 0.5) is 0 Å². The van der Waals surface area contributed by atoms with Gasteiger partial charge in [-0.3, -0.25) is 0 Å². The number of ether oxygens (including phenoxy) is 2. The molecule has 3 aromatic rings. The molecule has 0 unspecified atom stereocenters. The number of nitrogens with zero attached hydrogens (tertiary/aromatic N) is 8. The third-order valence-electron chi connectivity index (χ3n) is 6.37. The van der Waals surface area contributed by atoms with Gasteiger partial charge in [-0.25, -0.2) is 9.67 Å². The highest BCUT2D eigenvalue weighted by atomic mass is 16.5. The summed E-state index contributed by atoms with van der Waals surface area (Å²) < 4.78 is 13.8. The minimum Gasteiger partial charge on any atom is -0.489 e. The second kappa shape index (κ2) is 9.22. The highest BCUT2D eigenvalue weighted by Gasteiger charge is 2.21. The molecule has 0 radical (unpaired) electrons. The molecule has 32 heavy (non-hydrogen) atoms. The molecule has 10 heteroatoms. The Balaban J connectivity index is 1.31. The Bertz CT molecular complexity index is 1050. The Morgan fingerprint density at radius 2 is 1.62 bits per heavy atom. The van der Waals surface area contributed by atoms with E-state index in [1.165, 1.54) is 36.9 Å². The molecule has 0 saturated heterocycles. The molecule has 0 atom stereocenters. The highest BCUT2D eigenvalue weighted by Crippen LogP contribution is 2.28. The van der Waals surface area contributed by atoms with Crippen LogP contribution in [0.1, 0.15) is 69.2 Å². The largest absolute Gasteiger partial charge is 0.489 e. The molecule has 0 aliphatic heterocycles.